The molecular formula is C18H24FNO. The summed E-state index contributed by atoms with van der Waals surface area (Å²) in [5, 5.41) is 0. The quantitative estimate of drug-likeness (QED) is 0.755. The van der Waals surface area contributed by atoms with Crippen molar-refractivity contribution in [2.75, 3.05) is 0 Å². The van der Waals surface area contributed by atoms with Crippen molar-refractivity contribution in [1.82, 2.24) is 0 Å². The second kappa shape index (κ2) is 5.43. The van der Waals surface area contributed by atoms with E-state index in [2.05, 4.69) is 0 Å². The normalized spacial score (nSPS) is 28.0. The summed E-state index contributed by atoms with van der Waals surface area (Å²) in [5.41, 5.74) is 1.83. The predicted molar refractivity (Wildman–Crippen MR) is 83.4 cm³/mol. The Labute approximate surface area is 126 Å². The number of hydrogen-bond acceptors (Lipinski definition) is 2. The van der Waals surface area contributed by atoms with Crippen molar-refractivity contribution in [1.29, 1.82) is 0 Å². The van der Waals surface area contributed by atoms with Crippen LogP contribution in [0.25, 0.3) is 0 Å². The van der Waals surface area contributed by atoms with Crippen LogP contribution >= 0.6 is 0 Å². The smallest absolute Gasteiger partial charge is 0.252 e. The fourth-order valence-corrected chi connectivity index (χ4v) is 3.49. The number of hydrogen-bond donors (Lipinski definition) is 0. The van der Waals surface area contributed by atoms with Crippen LogP contribution in [0.5, 0.6) is 0 Å². The molecule has 1 aromatic rings. The minimum atomic E-state index is -1.57. The summed E-state index contributed by atoms with van der Waals surface area (Å²) in [5.74, 6) is -1.08. The van der Waals surface area contributed by atoms with Crippen LogP contribution in [-0.2, 0) is 4.74 Å². The van der Waals surface area contributed by atoms with Crippen molar-refractivity contribution in [3.05, 3.63) is 35.4 Å². The minimum absolute atomic E-state index is 0.249. The number of benzene rings is 1. The second-order valence-electron chi connectivity index (χ2n) is 6.58. The van der Waals surface area contributed by atoms with Crippen molar-refractivity contribution in [3.63, 3.8) is 0 Å². The highest BCUT2D eigenvalue weighted by Gasteiger charge is 2.47. The maximum Gasteiger partial charge on any atom is 0.252 e. The van der Waals surface area contributed by atoms with E-state index in [1.54, 1.807) is 0 Å². The van der Waals surface area contributed by atoms with E-state index in [0.717, 1.165) is 31.2 Å². The topological polar surface area (TPSA) is 21.6 Å². The van der Waals surface area contributed by atoms with E-state index in [1.807, 2.05) is 38.1 Å². The van der Waals surface area contributed by atoms with Crippen LogP contribution in [0.2, 0.25) is 0 Å². The molecule has 0 N–H and O–H groups in total. The zero-order valence-corrected chi connectivity index (χ0v) is 13.0. The number of rotatable bonds is 2. The summed E-state index contributed by atoms with van der Waals surface area (Å²) in [6.07, 6.45) is 6.28. The van der Waals surface area contributed by atoms with Gasteiger partial charge in [-0.3, -0.25) is 0 Å². The Morgan fingerprint density at radius 1 is 1.14 bits per heavy atom. The lowest BCUT2D eigenvalue weighted by molar-refractivity contribution is -0.113. The van der Waals surface area contributed by atoms with E-state index >= 15 is 4.39 Å². The van der Waals surface area contributed by atoms with Crippen molar-refractivity contribution < 1.29 is 9.13 Å². The van der Waals surface area contributed by atoms with Gasteiger partial charge in [-0.2, -0.15) is 4.39 Å². The summed E-state index contributed by atoms with van der Waals surface area (Å²) in [4.78, 5) is 4.87. The lowest BCUT2D eigenvalue weighted by Gasteiger charge is -2.43. The molecule has 2 nitrogen and oxygen atoms in total. The molecule has 3 rings (SSSR count). The monoisotopic (exact) mass is 289 g/mol. The molecule has 1 spiro atoms. The Morgan fingerprint density at radius 2 is 1.81 bits per heavy atom. The summed E-state index contributed by atoms with van der Waals surface area (Å²) >= 11 is 0. The van der Waals surface area contributed by atoms with Crippen LogP contribution in [0.15, 0.2) is 29.3 Å². The Hall–Kier alpha value is -1.38. The van der Waals surface area contributed by atoms with Gasteiger partial charge in [0.15, 0.2) is 0 Å². The first-order valence-electron chi connectivity index (χ1n) is 8.09. The summed E-state index contributed by atoms with van der Waals surface area (Å²) < 4.78 is 20.7. The average molecular weight is 289 g/mol. The molecular weight excluding hydrogens is 265 g/mol. The van der Waals surface area contributed by atoms with Gasteiger partial charge in [0.05, 0.1) is 5.54 Å². The van der Waals surface area contributed by atoms with Gasteiger partial charge in [0.25, 0.3) is 5.85 Å². The molecule has 1 saturated carbocycles. The first kappa shape index (κ1) is 14.6. The third-order valence-electron chi connectivity index (χ3n) is 4.82. The van der Waals surface area contributed by atoms with Gasteiger partial charge in [-0.25, -0.2) is 4.99 Å². The molecule has 1 aliphatic heterocycles. The molecule has 3 heteroatoms. The molecule has 1 fully saturated rings. The molecule has 0 radical (unpaired) electrons. The molecule has 1 aromatic carbocycles. The first-order chi connectivity index (χ1) is 10.0. The maximum atomic E-state index is 15.0. The van der Waals surface area contributed by atoms with Crippen LogP contribution in [0.1, 0.15) is 63.0 Å². The summed E-state index contributed by atoms with van der Waals surface area (Å²) in [6, 6.07) is 8.00. The molecule has 114 valence electrons. The first-order valence-corrected chi connectivity index (χ1v) is 8.09. The largest absolute Gasteiger partial charge is 0.440 e. The van der Waals surface area contributed by atoms with E-state index in [-0.39, 0.29) is 5.54 Å². The van der Waals surface area contributed by atoms with E-state index < -0.39 is 5.85 Å². The number of alkyl halides is 1. The van der Waals surface area contributed by atoms with Gasteiger partial charge >= 0.3 is 0 Å². The highest BCUT2D eigenvalue weighted by Crippen LogP contribution is 2.44. The van der Waals surface area contributed by atoms with E-state index in [1.165, 1.54) is 12.0 Å². The zero-order valence-electron chi connectivity index (χ0n) is 13.0. The van der Waals surface area contributed by atoms with Gasteiger partial charge in [-0.15, -0.1) is 0 Å². The summed E-state index contributed by atoms with van der Waals surface area (Å²) in [7, 11) is 0. The third-order valence-corrected chi connectivity index (χ3v) is 4.82. The predicted octanol–water partition coefficient (Wildman–Crippen LogP) is 4.94. The number of aliphatic imine (C=N–C) groups is 1. The van der Waals surface area contributed by atoms with Gasteiger partial charge in [0.1, 0.15) is 0 Å². The Morgan fingerprint density at radius 3 is 2.43 bits per heavy atom. The van der Waals surface area contributed by atoms with Crippen LogP contribution in [0.4, 0.5) is 4.39 Å². The number of aryl methyl sites for hydroxylation is 1. The van der Waals surface area contributed by atoms with Gasteiger partial charge in [0, 0.05) is 18.4 Å². The van der Waals surface area contributed by atoms with Gasteiger partial charge in [-0.05, 0) is 31.9 Å². The standard InChI is InChI=1S/C18H24FNO/c1-3-18(19)13-17(11-5-4-6-12-17)20-16(21-18)15-9-7-14(2)8-10-15/h7-10H,3-6,11-13H2,1-2H3. The molecule has 0 aromatic heterocycles. The highest BCUT2D eigenvalue weighted by molar-refractivity contribution is 5.95. The maximum absolute atomic E-state index is 15.0. The van der Waals surface area contributed by atoms with E-state index in [9.17, 15) is 0 Å². The molecule has 0 saturated heterocycles. The van der Waals surface area contributed by atoms with Crippen LogP contribution in [-0.4, -0.2) is 17.3 Å². The fourth-order valence-electron chi connectivity index (χ4n) is 3.49. The Balaban J connectivity index is 1.98. The molecule has 1 unspecified atom stereocenters. The number of ether oxygens (including phenoxy) is 1. The second-order valence-corrected chi connectivity index (χ2v) is 6.58. The van der Waals surface area contributed by atoms with Crippen LogP contribution in [0, 0.1) is 6.92 Å². The highest BCUT2D eigenvalue weighted by atomic mass is 19.2. The number of nitrogens with zero attached hydrogens (tertiary/aromatic N) is 1. The lowest BCUT2D eigenvalue weighted by atomic mass is 9.76. The van der Waals surface area contributed by atoms with Crippen molar-refractivity contribution in [3.8, 4) is 0 Å². The lowest BCUT2D eigenvalue weighted by Crippen LogP contribution is -2.46. The van der Waals surface area contributed by atoms with Crippen molar-refractivity contribution >= 4 is 5.90 Å². The third kappa shape index (κ3) is 2.97. The molecule has 2 aliphatic rings. The van der Waals surface area contributed by atoms with Gasteiger partial charge in [0.2, 0.25) is 5.90 Å². The molecule has 0 amide bonds. The van der Waals surface area contributed by atoms with Crippen LogP contribution < -0.4 is 0 Å². The van der Waals surface area contributed by atoms with Gasteiger partial charge < -0.3 is 4.74 Å². The zero-order chi connectivity index (χ0) is 14.9. The fraction of sp³-hybridized carbons (Fsp3) is 0.611. The molecule has 1 atom stereocenters. The molecule has 0 bridgehead atoms. The van der Waals surface area contributed by atoms with E-state index in [0.29, 0.717) is 18.7 Å². The molecule has 1 aliphatic carbocycles. The van der Waals surface area contributed by atoms with Crippen molar-refractivity contribution in [2.45, 2.75) is 70.2 Å². The molecule has 21 heavy (non-hydrogen) atoms. The summed E-state index contributed by atoms with van der Waals surface area (Å²) in [6.45, 7) is 3.90. The minimum Gasteiger partial charge on any atom is -0.440 e. The average Bonchev–Trinajstić information content (AvgIpc) is 2.48. The number of halogens is 1. The molecule has 1 heterocycles. The Bertz CT molecular complexity index is 531. The van der Waals surface area contributed by atoms with Crippen molar-refractivity contribution in [2.24, 2.45) is 4.99 Å². The SMILES string of the molecule is CCC1(F)CC2(CCCCC2)N=C(c2ccc(C)cc2)O1. The van der Waals surface area contributed by atoms with Crippen LogP contribution in [0.3, 0.4) is 0 Å². The van der Waals surface area contributed by atoms with E-state index in [4.69, 9.17) is 9.73 Å². The van der Waals surface area contributed by atoms with Gasteiger partial charge in [-0.1, -0.05) is 43.9 Å². The Kier molecular flexibility index (Phi) is 3.76.